The maximum Gasteiger partial charge on any atom is 0.416 e. The van der Waals surface area contributed by atoms with Crippen molar-refractivity contribution in [3.63, 3.8) is 0 Å². The van der Waals surface area contributed by atoms with E-state index in [1.165, 1.54) is 31.3 Å². The fourth-order valence-electron chi connectivity index (χ4n) is 4.90. The van der Waals surface area contributed by atoms with Crippen molar-refractivity contribution in [1.82, 2.24) is 16.0 Å². The maximum atomic E-state index is 13.3. The van der Waals surface area contributed by atoms with E-state index < -0.39 is 51.3 Å². The van der Waals surface area contributed by atoms with Gasteiger partial charge in [0.2, 0.25) is 10.0 Å². The van der Waals surface area contributed by atoms with Crippen LogP contribution in [0.2, 0.25) is 0 Å². The van der Waals surface area contributed by atoms with Crippen LogP contribution >= 0.6 is 0 Å². The fraction of sp³-hybridized carbons (Fsp3) is 0.375. The average molecular weight is 647 g/mol. The van der Waals surface area contributed by atoms with Gasteiger partial charge < -0.3 is 21.1 Å². The predicted octanol–water partition coefficient (Wildman–Crippen LogP) is 4.35. The summed E-state index contributed by atoms with van der Waals surface area (Å²) >= 11 is 0. The van der Waals surface area contributed by atoms with Crippen molar-refractivity contribution in [3.05, 3.63) is 101 Å². The molecule has 0 aliphatic heterocycles. The number of alkyl halides is 3. The third-order valence-corrected chi connectivity index (χ3v) is 9.23. The van der Waals surface area contributed by atoms with Gasteiger partial charge in [-0.25, -0.2) is 8.42 Å². The summed E-state index contributed by atoms with van der Waals surface area (Å²) in [7, 11) is -2.43. The molecule has 3 atom stereocenters. The van der Waals surface area contributed by atoms with Gasteiger partial charge in [-0.2, -0.15) is 13.2 Å². The standard InChI is InChI=1S/C32H37F3N4O5S/c1-20(22-9-6-5-7-10-22)37-29(41)23-15-24(17-27(16-23)39(3)45(4,43)44)30(42)38-21(2)28(40)19-36-31(13-14-31)25-11-8-12-26(18-25)32(33,34)35/h5-12,15-18,20-21,28,36,40H,13-14,19H2,1-4H3,(H,37,41)(H,38,42)/t20-,21+,28-/m1/s1. The van der Waals surface area contributed by atoms with E-state index in [9.17, 15) is 36.3 Å². The summed E-state index contributed by atoms with van der Waals surface area (Å²) < 4.78 is 65.2. The molecule has 242 valence electrons. The number of amides is 2. The Morgan fingerprint density at radius 3 is 2.09 bits per heavy atom. The van der Waals surface area contributed by atoms with E-state index in [0.29, 0.717) is 18.4 Å². The summed E-state index contributed by atoms with van der Waals surface area (Å²) in [5, 5.41) is 19.5. The molecule has 3 aromatic rings. The van der Waals surface area contributed by atoms with Crippen LogP contribution in [0.5, 0.6) is 0 Å². The first-order valence-corrected chi connectivity index (χ1v) is 16.2. The molecule has 0 aromatic heterocycles. The van der Waals surface area contributed by atoms with Crippen LogP contribution in [0.15, 0.2) is 72.8 Å². The van der Waals surface area contributed by atoms with Gasteiger partial charge in [-0.1, -0.05) is 42.5 Å². The molecule has 0 radical (unpaired) electrons. The fourth-order valence-corrected chi connectivity index (χ4v) is 5.39. The zero-order valence-electron chi connectivity index (χ0n) is 25.4. The summed E-state index contributed by atoms with van der Waals surface area (Å²) in [5.74, 6) is -1.18. The van der Waals surface area contributed by atoms with E-state index in [4.69, 9.17) is 0 Å². The number of anilines is 1. The summed E-state index contributed by atoms with van der Waals surface area (Å²) in [6.45, 7) is 3.35. The van der Waals surface area contributed by atoms with Crippen molar-refractivity contribution in [2.24, 2.45) is 0 Å². The van der Waals surface area contributed by atoms with Gasteiger partial charge in [-0.3, -0.25) is 13.9 Å². The van der Waals surface area contributed by atoms with Crippen molar-refractivity contribution < 1.29 is 36.3 Å². The number of rotatable bonds is 12. The number of carbonyl (C=O) groups excluding carboxylic acids is 2. The number of hydrogen-bond acceptors (Lipinski definition) is 6. The Balaban J connectivity index is 1.47. The highest BCUT2D eigenvalue weighted by atomic mass is 32.2. The lowest BCUT2D eigenvalue weighted by atomic mass is 10.0. The SMILES string of the molecule is C[C@H](NC(=O)c1cc(C(=O)N[C@H](C)c2ccccc2)cc(N(C)S(C)(=O)=O)c1)[C@H](O)CNC1(c2cccc(C(F)(F)F)c2)CC1. The molecule has 3 aromatic carbocycles. The minimum absolute atomic E-state index is 0.00449. The average Bonchev–Trinajstić information content (AvgIpc) is 3.80. The largest absolute Gasteiger partial charge is 0.416 e. The molecule has 1 saturated carbocycles. The predicted molar refractivity (Wildman–Crippen MR) is 165 cm³/mol. The van der Waals surface area contributed by atoms with Gasteiger partial charge in [-0.05, 0) is 68.1 Å². The van der Waals surface area contributed by atoms with Crippen molar-refractivity contribution >= 4 is 27.5 Å². The van der Waals surface area contributed by atoms with Crippen LogP contribution in [0.4, 0.5) is 18.9 Å². The molecule has 2 amide bonds. The Morgan fingerprint density at radius 2 is 1.53 bits per heavy atom. The Morgan fingerprint density at radius 1 is 0.933 bits per heavy atom. The van der Waals surface area contributed by atoms with Gasteiger partial charge in [0, 0.05) is 30.3 Å². The first-order chi connectivity index (χ1) is 21.0. The molecule has 1 aliphatic carbocycles. The second-order valence-electron chi connectivity index (χ2n) is 11.5. The highest BCUT2D eigenvalue weighted by Crippen LogP contribution is 2.46. The van der Waals surface area contributed by atoms with Crippen LogP contribution in [0.25, 0.3) is 0 Å². The van der Waals surface area contributed by atoms with Crippen LogP contribution in [-0.4, -0.2) is 57.3 Å². The minimum atomic E-state index is -4.47. The summed E-state index contributed by atoms with van der Waals surface area (Å²) in [4.78, 5) is 26.5. The number of nitrogens with zero attached hydrogens (tertiary/aromatic N) is 1. The summed E-state index contributed by atoms with van der Waals surface area (Å²) in [6, 6.07) is 17.2. The highest BCUT2D eigenvalue weighted by Gasteiger charge is 2.45. The van der Waals surface area contributed by atoms with Crippen LogP contribution in [0, 0.1) is 0 Å². The summed E-state index contributed by atoms with van der Waals surface area (Å²) in [6.07, 6.45) is -3.41. The van der Waals surface area contributed by atoms with Gasteiger partial charge in [0.1, 0.15) is 0 Å². The topological polar surface area (TPSA) is 128 Å². The molecule has 1 fully saturated rings. The summed E-state index contributed by atoms with van der Waals surface area (Å²) in [5.41, 5.74) is 0.0223. The van der Waals surface area contributed by atoms with E-state index in [-0.39, 0.29) is 29.4 Å². The number of sulfonamides is 1. The van der Waals surface area contributed by atoms with E-state index in [1.54, 1.807) is 19.9 Å². The Bertz CT molecular complexity index is 1650. The van der Waals surface area contributed by atoms with Crippen LogP contribution in [-0.2, 0) is 21.7 Å². The Hall–Kier alpha value is -3.94. The number of nitrogens with one attached hydrogen (secondary N) is 3. The third kappa shape index (κ3) is 8.41. The quantitative estimate of drug-likeness (QED) is 0.232. The second-order valence-corrected chi connectivity index (χ2v) is 13.5. The van der Waals surface area contributed by atoms with Crippen LogP contribution in [0.3, 0.4) is 0 Å². The van der Waals surface area contributed by atoms with Crippen molar-refractivity contribution in [3.8, 4) is 0 Å². The molecular weight excluding hydrogens is 609 g/mol. The number of benzene rings is 3. The lowest BCUT2D eigenvalue weighted by Gasteiger charge is -2.25. The van der Waals surface area contributed by atoms with Gasteiger partial charge in [-0.15, -0.1) is 0 Å². The van der Waals surface area contributed by atoms with Crippen molar-refractivity contribution in [2.45, 2.75) is 56.6 Å². The lowest BCUT2D eigenvalue weighted by Crippen LogP contribution is -2.47. The third-order valence-electron chi connectivity index (χ3n) is 8.03. The Labute approximate surface area is 260 Å². The van der Waals surface area contributed by atoms with Gasteiger partial charge in [0.25, 0.3) is 11.8 Å². The Kier molecular flexibility index (Phi) is 9.95. The van der Waals surface area contributed by atoms with Gasteiger partial charge in [0.15, 0.2) is 0 Å². The molecule has 0 bridgehead atoms. The monoisotopic (exact) mass is 646 g/mol. The number of hydrogen-bond donors (Lipinski definition) is 4. The van der Waals surface area contributed by atoms with Crippen molar-refractivity contribution in [2.75, 3.05) is 24.2 Å². The van der Waals surface area contributed by atoms with E-state index >= 15 is 0 Å². The van der Waals surface area contributed by atoms with Gasteiger partial charge >= 0.3 is 6.18 Å². The van der Waals surface area contributed by atoms with Crippen LogP contribution in [0.1, 0.15) is 70.1 Å². The van der Waals surface area contributed by atoms with Crippen molar-refractivity contribution in [1.29, 1.82) is 0 Å². The molecule has 4 N–H and O–H groups in total. The lowest BCUT2D eigenvalue weighted by molar-refractivity contribution is -0.137. The minimum Gasteiger partial charge on any atom is -0.390 e. The first kappa shape index (κ1) is 33.9. The first-order valence-electron chi connectivity index (χ1n) is 14.4. The number of halogens is 3. The molecule has 4 rings (SSSR count). The molecule has 0 spiro atoms. The van der Waals surface area contributed by atoms with Crippen LogP contribution < -0.4 is 20.3 Å². The molecule has 0 saturated heterocycles. The molecule has 0 unspecified atom stereocenters. The molecule has 13 heteroatoms. The van der Waals surface area contributed by atoms with E-state index in [0.717, 1.165) is 28.3 Å². The maximum absolute atomic E-state index is 13.3. The number of aliphatic hydroxyl groups is 1. The zero-order chi connectivity index (χ0) is 33.2. The zero-order valence-corrected chi connectivity index (χ0v) is 26.2. The highest BCUT2D eigenvalue weighted by molar-refractivity contribution is 7.92. The molecule has 0 heterocycles. The molecule has 9 nitrogen and oxygen atoms in total. The molecule has 45 heavy (non-hydrogen) atoms. The molecular formula is C32H37F3N4O5S. The molecule has 1 aliphatic rings. The normalized spacial score (nSPS) is 16.3. The second kappa shape index (κ2) is 13.2. The van der Waals surface area contributed by atoms with Gasteiger partial charge in [0.05, 0.1) is 35.7 Å². The number of aliphatic hydroxyl groups excluding tert-OH is 1. The smallest absolute Gasteiger partial charge is 0.390 e. The van der Waals surface area contributed by atoms with E-state index in [1.807, 2.05) is 30.3 Å². The van der Waals surface area contributed by atoms with E-state index in [2.05, 4.69) is 16.0 Å². The number of carbonyl (C=O) groups is 2.